The van der Waals surface area contributed by atoms with Gasteiger partial charge in [0, 0.05) is 16.1 Å². The van der Waals surface area contributed by atoms with Crippen LogP contribution in [0.15, 0.2) is 66.4 Å². The van der Waals surface area contributed by atoms with Crippen LogP contribution in [0.3, 0.4) is 0 Å². The first-order chi connectivity index (χ1) is 12.8. The smallest absolute Gasteiger partial charge is 0.146 e. The highest BCUT2D eigenvalue weighted by molar-refractivity contribution is 5.91. The number of nitrogens with zero attached hydrogens (tertiary/aromatic N) is 1. The lowest BCUT2D eigenvalue weighted by atomic mass is 9.73. The summed E-state index contributed by atoms with van der Waals surface area (Å²) < 4.78 is 28.2. The minimum Gasteiger partial charge on any atom is -0.348 e. The van der Waals surface area contributed by atoms with E-state index < -0.39 is 5.41 Å². The van der Waals surface area contributed by atoms with Gasteiger partial charge in [0.15, 0.2) is 0 Å². The van der Waals surface area contributed by atoms with Crippen molar-refractivity contribution in [2.24, 2.45) is 0 Å². The third-order valence-corrected chi connectivity index (χ3v) is 5.50. The maximum atomic E-state index is 14.1. The van der Waals surface area contributed by atoms with Crippen molar-refractivity contribution in [3.8, 4) is 0 Å². The van der Waals surface area contributed by atoms with E-state index in [1.807, 2.05) is 12.3 Å². The number of para-hydroxylation sites is 1. The molecule has 1 saturated carbocycles. The molecule has 0 unspecified atom stereocenters. The minimum absolute atomic E-state index is 0. The molecule has 0 spiro atoms. The molecule has 0 heterocycles. The van der Waals surface area contributed by atoms with Crippen LogP contribution in [0.4, 0.5) is 14.5 Å². The van der Waals surface area contributed by atoms with Crippen LogP contribution in [0, 0.1) is 18.6 Å². The maximum Gasteiger partial charge on any atom is 0.146 e. The first-order valence-corrected chi connectivity index (χ1v) is 8.89. The zero-order valence-electron chi connectivity index (χ0n) is 15.9. The number of ketones is 1. The Kier molecular flexibility index (Phi) is 5.01. The number of rotatable bonds is 4. The van der Waals surface area contributed by atoms with Gasteiger partial charge >= 0.3 is 0 Å². The second kappa shape index (κ2) is 7.10. The number of anilines is 1. The van der Waals surface area contributed by atoms with Gasteiger partial charge in [0.25, 0.3) is 0 Å². The summed E-state index contributed by atoms with van der Waals surface area (Å²) in [5, 5.41) is 0. The number of hydrogen-bond acceptors (Lipinski definition) is 2. The summed E-state index contributed by atoms with van der Waals surface area (Å²) in [6.45, 7) is 7.37. The molecule has 27 heavy (non-hydrogen) atoms. The van der Waals surface area contributed by atoms with Crippen LogP contribution in [-0.2, 0) is 10.2 Å². The summed E-state index contributed by atoms with van der Waals surface area (Å²) in [7, 11) is 1.76. The summed E-state index contributed by atoms with van der Waals surface area (Å²) in [6, 6.07) is 11.4. The van der Waals surface area contributed by atoms with Gasteiger partial charge in [-0.25, -0.2) is 8.78 Å². The summed E-state index contributed by atoms with van der Waals surface area (Å²) in [5.41, 5.74) is 2.50. The van der Waals surface area contributed by atoms with E-state index >= 15 is 0 Å². The molecule has 1 atom stereocenters. The van der Waals surface area contributed by atoms with E-state index in [-0.39, 0.29) is 20.3 Å². The number of hydrogen-bond donors (Lipinski definition) is 0. The Balaban J connectivity index is 0.00000210. The van der Waals surface area contributed by atoms with E-state index in [4.69, 9.17) is 0 Å². The van der Waals surface area contributed by atoms with Gasteiger partial charge in [0.05, 0.1) is 11.1 Å². The molecule has 2 aromatic carbocycles. The first kappa shape index (κ1) is 19.0. The third kappa shape index (κ3) is 3.32. The Morgan fingerprint density at radius 2 is 1.81 bits per heavy atom. The molecule has 0 aliphatic heterocycles. The molecule has 0 radical (unpaired) electrons. The van der Waals surface area contributed by atoms with Gasteiger partial charge in [0.1, 0.15) is 17.4 Å². The van der Waals surface area contributed by atoms with Crippen molar-refractivity contribution in [2.75, 3.05) is 11.9 Å². The van der Waals surface area contributed by atoms with E-state index in [1.165, 1.54) is 12.1 Å². The molecule has 4 heteroatoms. The Hall–Kier alpha value is -2.75. The predicted molar refractivity (Wildman–Crippen MR) is 109 cm³/mol. The SMILES string of the molecule is C=C1C[C@](C(C)=O)(c2cccc(F)c2C)C/C1=C/N(C)c1ccccc1F.[HH].[HH]. The highest BCUT2D eigenvalue weighted by Gasteiger charge is 2.45. The molecular weight excluding hydrogens is 344 g/mol. The molecule has 144 valence electrons. The lowest BCUT2D eigenvalue weighted by Gasteiger charge is -2.28. The van der Waals surface area contributed by atoms with Crippen molar-refractivity contribution < 1.29 is 16.4 Å². The van der Waals surface area contributed by atoms with E-state index in [0.717, 1.165) is 11.1 Å². The Morgan fingerprint density at radius 1 is 1.15 bits per heavy atom. The van der Waals surface area contributed by atoms with Crippen LogP contribution in [-0.4, -0.2) is 12.8 Å². The molecular formula is C23H27F2NO. The Bertz CT molecular complexity index is 958. The Morgan fingerprint density at radius 3 is 2.48 bits per heavy atom. The van der Waals surface area contributed by atoms with Crippen molar-refractivity contribution in [1.29, 1.82) is 0 Å². The second-order valence-electron chi connectivity index (χ2n) is 7.22. The van der Waals surface area contributed by atoms with Gasteiger partial charge in [-0.15, -0.1) is 0 Å². The third-order valence-electron chi connectivity index (χ3n) is 5.50. The van der Waals surface area contributed by atoms with Crippen molar-refractivity contribution in [2.45, 2.75) is 32.1 Å². The summed E-state index contributed by atoms with van der Waals surface area (Å²) >= 11 is 0. The topological polar surface area (TPSA) is 20.3 Å². The van der Waals surface area contributed by atoms with Crippen LogP contribution in [0.5, 0.6) is 0 Å². The van der Waals surface area contributed by atoms with Crippen molar-refractivity contribution in [3.05, 3.63) is 89.2 Å². The average Bonchev–Trinajstić information content (AvgIpc) is 2.95. The molecule has 0 bridgehead atoms. The van der Waals surface area contributed by atoms with Gasteiger partial charge in [-0.1, -0.05) is 30.8 Å². The summed E-state index contributed by atoms with van der Waals surface area (Å²) in [4.78, 5) is 14.4. The summed E-state index contributed by atoms with van der Waals surface area (Å²) in [6.07, 6.45) is 2.67. The molecule has 0 N–H and O–H groups in total. The van der Waals surface area contributed by atoms with Gasteiger partial charge in [-0.3, -0.25) is 4.79 Å². The molecule has 2 aromatic rings. The summed E-state index contributed by atoms with van der Waals surface area (Å²) in [5.74, 6) is -0.659. The fourth-order valence-electron chi connectivity index (χ4n) is 3.92. The lowest BCUT2D eigenvalue weighted by molar-refractivity contribution is -0.122. The maximum absolute atomic E-state index is 14.1. The normalized spacial score (nSPS) is 20.9. The molecule has 1 fully saturated rings. The van der Waals surface area contributed by atoms with Gasteiger partial charge in [0.2, 0.25) is 0 Å². The standard InChI is InChI=1S/C23H23F2NO.2H2/c1-15-12-23(17(3)27,19-8-7-10-20(24)16(19)2)13-18(15)14-26(4)22-11-6-5-9-21(22)25;;/h5-11,14H,1,12-13H2,2-4H3;2*1H/b18-14-;;/t23-;;/m0../s1. The number of carbonyl (C=O) groups excluding carboxylic acids is 1. The molecule has 2 nitrogen and oxygen atoms in total. The van der Waals surface area contributed by atoms with Crippen LogP contribution in [0.1, 0.15) is 33.7 Å². The number of benzene rings is 2. The number of halogens is 2. The van der Waals surface area contributed by atoms with Crippen molar-refractivity contribution >= 4 is 11.5 Å². The minimum atomic E-state index is -0.828. The second-order valence-corrected chi connectivity index (χ2v) is 7.22. The fourth-order valence-corrected chi connectivity index (χ4v) is 3.92. The molecule has 0 saturated heterocycles. The van der Waals surface area contributed by atoms with Gasteiger partial charge in [-0.2, -0.15) is 0 Å². The van der Waals surface area contributed by atoms with Crippen molar-refractivity contribution in [3.63, 3.8) is 0 Å². The number of allylic oxidation sites excluding steroid dienone is 2. The molecule has 1 aliphatic rings. The molecule has 0 aromatic heterocycles. The van der Waals surface area contributed by atoms with Crippen LogP contribution >= 0.6 is 0 Å². The van der Waals surface area contributed by atoms with Gasteiger partial charge < -0.3 is 4.90 Å². The highest BCUT2D eigenvalue weighted by Crippen LogP contribution is 2.48. The zero-order chi connectivity index (χ0) is 19.8. The monoisotopic (exact) mass is 371 g/mol. The van der Waals surface area contributed by atoms with E-state index in [9.17, 15) is 13.6 Å². The fraction of sp³-hybridized carbons (Fsp3) is 0.261. The van der Waals surface area contributed by atoms with E-state index in [2.05, 4.69) is 6.58 Å². The largest absolute Gasteiger partial charge is 0.348 e. The lowest BCUT2D eigenvalue weighted by Crippen LogP contribution is -2.32. The quantitative estimate of drug-likeness (QED) is 0.661. The molecule has 1 aliphatic carbocycles. The molecule has 3 rings (SSSR count). The zero-order valence-corrected chi connectivity index (χ0v) is 15.9. The average molecular weight is 371 g/mol. The number of Topliss-reactive ketones (excluding diaryl/α,β-unsaturated/α-hetero) is 1. The van der Waals surface area contributed by atoms with E-state index in [1.54, 1.807) is 50.1 Å². The molecule has 0 amide bonds. The van der Waals surface area contributed by atoms with E-state index in [0.29, 0.717) is 29.7 Å². The highest BCUT2D eigenvalue weighted by atomic mass is 19.1. The van der Waals surface area contributed by atoms with Gasteiger partial charge in [-0.05, 0) is 67.2 Å². The number of carbonyl (C=O) groups is 1. The van der Waals surface area contributed by atoms with Crippen LogP contribution in [0.2, 0.25) is 0 Å². The van der Waals surface area contributed by atoms with Crippen molar-refractivity contribution in [1.82, 2.24) is 0 Å². The van der Waals surface area contributed by atoms with Crippen LogP contribution in [0.25, 0.3) is 0 Å². The predicted octanol–water partition coefficient (Wildman–Crippen LogP) is 5.96. The first-order valence-electron chi connectivity index (χ1n) is 8.89. The van der Waals surface area contributed by atoms with Crippen LogP contribution < -0.4 is 4.90 Å². The Labute approximate surface area is 161 Å².